The van der Waals surface area contributed by atoms with E-state index in [1.807, 2.05) is 24.7 Å². The fourth-order valence-corrected chi connectivity index (χ4v) is 2.06. The van der Waals surface area contributed by atoms with Gasteiger partial charge in [-0.3, -0.25) is 0 Å². The van der Waals surface area contributed by atoms with Crippen LogP contribution in [0.3, 0.4) is 0 Å². The highest BCUT2D eigenvalue weighted by molar-refractivity contribution is 7.99. The zero-order valence-corrected chi connectivity index (χ0v) is 9.82. The quantitative estimate of drug-likeness (QED) is 0.469. The van der Waals surface area contributed by atoms with Gasteiger partial charge in [-0.1, -0.05) is 0 Å². The Balaban J connectivity index is 2.32. The molecule has 2 aromatic rings. The highest BCUT2D eigenvalue weighted by Gasteiger charge is 2.09. The molecule has 84 valence electrons. The van der Waals surface area contributed by atoms with E-state index in [2.05, 4.69) is 20.4 Å². The highest BCUT2D eigenvalue weighted by Crippen LogP contribution is 2.28. The fraction of sp³-hybridized carbons (Fsp3) is 0.222. The van der Waals surface area contributed by atoms with E-state index < -0.39 is 0 Å². The van der Waals surface area contributed by atoms with Crippen molar-refractivity contribution in [1.29, 1.82) is 0 Å². The van der Waals surface area contributed by atoms with Crippen LogP contribution in [0.1, 0.15) is 5.56 Å². The number of hydrogen-bond acceptors (Lipinski definition) is 6. The molecule has 0 bridgehead atoms. The smallest absolute Gasteiger partial charge is 0.174 e. The molecule has 0 radical (unpaired) electrons. The molecule has 0 atom stereocenters. The first kappa shape index (κ1) is 10.9. The minimum atomic E-state index is 0.631. The van der Waals surface area contributed by atoms with Gasteiger partial charge in [-0.05, 0) is 18.7 Å². The molecule has 0 saturated carbocycles. The van der Waals surface area contributed by atoms with Gasteiger partial charge in [0, 0.05) is 25.0 Å². The summed E-state index contributed by atoms with van der Waals surface area (Å²) in [6.07, 6.45) is 5.12. The van der Waals surface area contributed by atoms with Crippen LogP contribution < -0.4 is 11.3 Å². The maximum absolute atomic E-state index is 5.35. The van der Waals surface area contributed by atoms with Gasteiger partial charge >= 0.3 is 0 Å². The van der Waals surface area contributed by atoms with Gasteiger partial charge in [0.05, 0.1) is 0 Å². The number of hydrazine groups is 1. The summed E-state index contributed by atoms with van der Waals surface area (Å²) in [5.74, 6) is 5.98. The number of imidazole rings is 1. The summed E-state index contributed by atoms with van der Waals surface area (Å²) in [6.45, 7) is 1.92. The third-order valence-electron chi connectivity index (χ3n) is 2.14. The SMILES string of the molecule is Cc1c(NN)ncnc1Sc1nccn1C. The van der Waals surface area contributed by atoms with Crippen molar-refractivity contribution in [2.75, 3.05) is 5.43 Å². The van der Waals surface area contributed by atoms with Crippen LogP contribution >= 0.6 is 11.8 Å². The number of nitrogens with two attached hydrogens (primary N) is 1. The summed E-state index contributed by atoms with van der Waals surface area (Å²) in [5, 5.41) is 1.72. The van der Waals surface area contributed by atoms with E-state index in [-0.39, 0.29) is 0 Å². The van der Waals surface area contributed by atoms with Crippen molar-refractivity contribution in [3.63, 3.8) is 0 Å². The number of nitrogen functional groups attached to an aromatic ring is 1. The van der Waals surface area contributed by atoms with E-state index in [1.54, 1.807) is 6.20 Å². The third-order valence-corrected chi connectivity index (χ3v) is 3.32. The molecule has 2 heterocycles. The van der Waals surface area contributed by atoms with Gasteiger partial charge in [0.25, 0.3) is 0 Å². The minimum Gasteiger partial charge on any atom is -0.329 e. The summed E-state index contributed by atoms with van der Waals surface area (Å²) in [6, 6.07) is 0. The Kier molecular flexibility index (Phi) is 3.07. The molecular weight excluding hydrogens is 224 g/mol. The van der Waals surface area contributed by atoms with Crippen molar-refractivity contribution in [1.82, 2.24) is 19.5 Å². The summed E-state index contributed by atoms with van der Waals surface area (Å²) >= 11 is 1.48. The molecule has 0 aromatic carbocycles. The lowest BCUT2D eigenvalue weighted by Crippen LogP contribution is -2.11. The standard InChI is InChI=1S/C9H12N6S/c1-6-7(14-10)12-5-13-8(6)16-9-11-3-4-15(9)2/h3-5H,10H2,1-2H3,(H,12,13,14). The van der Waals surface area contributed by atoms with Crippen LogP contribution in [0.4, 0.5) is 5.82 Å². The van der Waals surface area contributed by atoms with Gasteiger partial charge in [-0.15, -0.1) is 0 Å². The number of anilines is 1. The number of nitrogens with zero attached hydrogens (tertiary/aromatic N) is 4. The van der Waals surface area contributed by atoms with Gasteiger partial charge in [-0.25, -0.2) is 20.8 Å². The van der Waals surface area contributed by atoms with Crippen molar-refractivity contribution in [2.45, 2.75) is 17.1 Å². The van der Waals surface area contributed by atoms with Crippen molar-refractivity contribution in [3.8, 4) is 0 Å². The molecule has 0 unspecified atom stereocenters. The van der Waals surface area contributed by atoms with Crippen LogP contribution in [0.2, 0.25) is 0 Å². The monoisotopic (exact) mass is 236 g/mol. The Morgan fingerprint density at radius 1 is 1.38 bits per heavy atom. The molecule has 0 amide bonds. The van der Waals surface area contributed by atoms with Crippen LogP contribution in [0.5, 0.6) is 0 Å². The van der Waals surface area contributed by atoms with Crippen LogP contribution in [-0.4, -0.2) is 19.5 Å². The molecule has 6 nitrogen and oxygen atoms in total. The van der Waals surface area contributed by atoms with Crippen LogP contribution in [0.25, 0.3) is 0 Å². The zero-order chi connectivity index (χ0) is 11.5. The maximum Gasteiger partial charge on any atom is 0.174 e. The largest absolute Gasteiger partial charge is 0.329 e. The molecule has 3 N–H and O–H groups in total. The van der Waals surface area contributed by atoms with Crippen molar-refractivity contribution in [3.05, 3.63) is 24.3 Å². The topological polar surface area (TPSA) is 81.7 Å². The second-order valence-electron chi connectivity index (χ2n) is 3.22. The van der Waals surface area contributed by atoms with Crippen LogP contribution in [0.15, 0.2) is 28.9 Å². The second-order valence-corrected chi connectivity index (χ2v) is 4.18. The van der Waals surface area contributed by atoms with Gasteiger partial charge in [0.2, 0.25) is 0 Å². The average Bonchev–Trinajstić information content (AvgIpc) is 2.68. The van der Waals surface area contributed by atoms with E-state index in [0.29, 0.717) is 5.82 Å². The molecule has 2 rings (SSSR count). The Bertz CT molecular complexity index is 494. The first-order chi connectivity index (χ1) is 7.72. The summed E-state index contributed by atoms with van der Waals surface area (Å²) in [7, 11) is 1.94. The van der Waals surface area contributed by atoms with Gasteiger partial charge in [0.15, 0.2) is 5.16 Å². The molecule has 0 aliphatic rings. The van der Waals surface area contributed by atoms with Crippen molar-refractivity contribution in [2.24, 2.45) is 12.9 Å². The van der Waals surface area contributed by atoms with E-state index in [9.17, 15) is 0 Å². The molecule has 0 fully saturated rings. The van der Waals surface area contributed by atoms with Gasteiger partial charge in [-0.2, -0.15) is 0 Å². The molecule has 0 saturated heterocycles. The van der Waals surface area contributed by atoms with Crippen molar-refractivity contribution >= 4 is 17.6 Å². The highest BCUT2D eigenvalue weighted by atomic mass is 32.2. The Morgan fingerprint density at radius 2 is 2.19 bits per heavy atom. The third kappa shape index (κ3) is 2.00. The zero-order valence-electron chi connectivity index (χ0n) is 9.01. The van der Waals surface area contributed by atoms with E-state index >= 15 is 0 Å². The predicted molar refractivity (Wildman–Crippen MR) is 61.9 cm³/mol. The Morgan fingerprint density at radius 3 is 2.81 bits per heavy atom. The molecule has 16 heavy (non-hydrogen) atoms. The second kappa shape index (κ2) is 4.50. The molecule has 7 heteroatoms. The fourth-order valence-electron chi connectivity index (χ4n) is 1.22. The van der Waals surface area contributed by atoms with Crippen LogP contribution in [0, 0.1) is 6.92 Å². The summed E-state index contributed by atoms with van der Waals surface area (Å²) in [4.78, 5) is 12.4. The van der Waals surface area contributed by atoms with Crippen molar-refractivity contribution < 1.29 is 0 Å². The average molecular weight is 236 g/mol. The summed E-state index contributed by atoms with van der Waals surface area (Å²) in [5.41, 5.74) is 3.45. The molecule has 0 aliphatic heterocycles. The van der Waals surface area contributed by atoms with E-state index in [1.165, 1.54) is 18.1 Å². The number of hydrogen-bond donors (Lipinski definition) is 2. The first-order valence-electron chi connectivity index (χ1n) is 4.65. The number of rotatable bonds is 3. The van der Waals surface area contributed by atoms with E-state index in [4.69, 9.17) is 5.84 Å². The van der Waals surface area contributed by atoms with Crippen LogP contribution in [-0.2, 0) is 7.05 Å². The maximum atomic E-state index is 5.35. The molecule has 0 spiro atoms. The molecule has 0 aliphatic carbocycles. The first-order valence-corrected chi connectivity index (χ1v) is 5.47. The number of aryl methyl sites for hydroxylation is 1. The Hall–Kier alpha value is -1.60. The normalized spacial score (nSPS) is 10.4. The summed E-state index contributed by atoms with van der Waals surface area (Å²) < 4.78 is 1.93. The molecular formula is C9H12N6S. The lowest BCUT2D eigenvalue weighted by atomic mass is 10.3. The molecule has 2 aromatic heterocycles. The van der Waals surface area contributed by atoms with Gasteiger partial charge < -0.3 is 9.99 Å². The number of nitrogens with one attached hydrogen (secondary N) is 1. The lowest BCUT2D eigenvalue weighted by Gasteiger charge is -2.07. The lowest BCUT2D eigenvalue weighted by molar-refractivity contribution is 0.787. The minimum absolute atomic E-state index is 0.631. The van der Waals surface area contributed by atoms with Gasteiger partial charge in [0.1, 0.15) is 17.2 Å². The number of aromatic nitrogens is 4. The predicted octanol–water partition coefficient (Wildman–Crippen LogP) is 0.955. The van der Waals surface area contributed by atoms with E-state index in [0.717, 1.165) is 15.7 Å². The Labute approximate surface area is 97.3 Å².